The summed E-state index contributed by atoms with van der Waals surface area (Å²) in [6.45, 7) is 3.39. The van der Waals surface area contributed by atoms with Crippen molar-refractivity contribution in [2.24, 2.45) is 0 Å². The van der Waals surface area contributed by atoms with Gasteiger partial charge in [0.2, 0.25) is 0 Å². The van der Waals surface area contributed by atoms with E-state index in [0.717, 1.165) is 24.9 Å². The maximum absolute atomic E-state index is 12.5. The molecular weight excluding hydrogens is 304 g/mol. The molecule has 24 heavy (non-hydrogen) atoms. The number of carbonyl (C=O) groups is 1. The van der Waals surface area contributed by atoms with Gasteiger partial charge in [0.25, 0.3) is 11.5 Å². The van der Waals surface area contributed by atoms with Crippen LogP contribution in [-0.2, 0) is 6.54 Å². The molecule has 2 atom stereocenters. The molecule has 1 aliphatic heterocycles. The predicted molar refractivity (Wildman–Crippen MR) is 92.0 cm³/mol. The zero-order chi connectivity index (χ0) is 16.9. The van der Waals surface area contributed by atoms with E-state index in [1.165, 1.54) is 16.8 Å². The van der Waals surface area contributed by atoms with Gasteiger partial charge in [-0.05, 0) is 37.9 Å². The summed E-state index contributed by atoms with van der Waals surface area (Å²) in [6.07, 6.45) is 1.99. The highest BCUT2D eigenvalue weighted by Gasteiger charge is 2.23. The number of nitrogens with zero attached hydrogens (tertiary/aromatic N) is 2. The molecule has 1 saturated heterocycles. The van der Waals surface area contributed by atoms with E-state index in [1.807, 2.05) is 30.3 Å². The van der Waals surface area contributed by atoms with Crippen LogP contribution in [0.4, 0.5) is 0 Å². The van der Waals surface area contributed by atoms with Crippen LogP contribution in [0, 0.1) is 0 Å². The number of hydrogen-bond donors (Lipinski definition) is 2. The second-order valence-electron chi connectivity index (χ2n) is 6.17. The van der Waals surface area contributed by atoms with Crippen molar-refractivity contribution in [2.45, 2.75) is 38.4 Å². The summed E-state index contributed by atoms with van der Waals surface area (Å²) in [4.78, 5) is 24.5. The van der Waals surface area contributed by atoms with Gasteiger partial charge in [0, 0.05) is 18.2 Å². The lowest BCUT2D eigenvalue weighted by Gasteiger charge is -2.30. The van der Waals surface area contributed by atoms with Crippen molar-refractivity contribution >= 4 is 5.91 Å². The van der Waals surface area contributed by atoms with Gasteiger partial charge in [-0.3, -0.25) is 9.59 Å². The fourth-order valence-corrected chi connectivity index (χ4v) is 2.92. The van der Waals surface area contributed by atoms with Crippen LogP contribution in [0.1, 0.15) is 35.8 Å². The molecule has 3 rings (SSSR count). The zero-order valence-corrected chi connectivity index (χ0v) is 13.7. The highest BCUT2D eigenvalue weighted by molar-refractivity contribution is 5.92. The number of nitrogens with one attached hydrogen (secondary N) is 2. The summed E-state index contributed by atoms with van der Waals surface area (Å²) in [5.41, 5.74) is 1.01. The van der Waals surface area contributed by atoms with E-state index in [4.69, 9.17) is 0 Å². The average molecular weight is 326 g/mol. The second kappa shape index (κ2) is 7.40. The van der Waals surface area contributed by atoms with Crippen molar-refractivity contribution in [2.75, 3.05) is 6.54 Å². The summed E-state index contributed by atoms with van der Waals surface area (Å²) in [7, 11) is 0. The molecule has 1 aliphatic rings. The highest BCUT2D eigenvalue weighted by atomic mass is 16.2. The van der Waals surface area contributed by atoms with Crippen molar-refractivity contribution in [1.82, 2.24) is 20.4 Å². The number of benzene rings is 1. The molecule has 0 spiro atoms. The molecule has 1 amide bonds. The zero-order valence-electron chi connectivity index (χ0n) is 13.7. The molecule has 6 nitrogen and oxygen atoms in total. The van der Waals surface area contributed by atoms with Crippen molar-refractivity contribution in [3.05, 3.63) is 64.1 Å². The maximum atomic E-state index is 12.5. The van der Waals surface area contributed by atoms with Crippen LogP contribution in [0.5, 0.6) is 0 Å². The van der Waals surface area contributed by atoms with Gasteiger partial charge < -0.3 is 10.6 Å². The van der Waals surface area contributed by atoms with Crippen LogP contribution in [-0.4, -0.2) is 34.3 Å². The van der Waals surface area contributed by atoms with Crippen LogP contribution in [0.3, 0.4) is 0 Å². The fraction of sp³-hybridized carbons (Fsp3) is 0.389. The largest absolute Gasteiger partial charge is 0.346 e. The van der Waals surface area contributed by atoms with Crippen molar-refractivity contribution in [3.63, 3.8) is 0 Å². The maximum Gasteiger partial charge on any atom is 0.271 e. The molecule has 126 valence electrons. The normalized spacial score (nSPS) is 20.5. The first kappa shape index (κ1) is 16.4. The van der Waals surface area contributed by atoms with E-state index in [9.17, 15) is 9.59 Å². The van der Waals surface area contributed by atoms with E-state index in [2.05, 4.69) is 22.7 Å². The monoisotopic (exact) mass is 326 g/mol. The second-order valence-corrected chi connectivity index (χ2v) is 6.17. The number of aromatic nitrogens is 2. The quantitative estimate of drug-likeness (QED) is 0.884. The van der Waals surface area contributed by atoms with Gasteiger partial charge in [0.15, 0.2) is 0 Å². The number of hydrogen-bond acceptors (Lipinski definition) is 4. The summed E-state index contributed by atoms with van der Waals surface area (Å²) in [6, 6.07) is 12.8. The number of rotatable bonds is 4. The van der Waals surface area contributed by atoms with Crippen LogP contribution >= 0.6 is 0 Å². The topological polar surface area (TPSA) is 76.0 Å². The molecule has 0 bridgehead atoms. The summed E-state index contributed by atoms with van der Waals surface area (Å²) in [5.74, 6) is -0.239. The van der Waals surface area contributed by atoms with Gasteiger partial charge in [0.1, 0.15) is 5.69 Å². The van der Waals surface area contributed by atoms with Gasteiger partial charge in [-0.25, -0.2) is 4.68 Å². The lowest BCUT2D eigenvalue weighted by atomic mass is 10.00. The first-order valence-electron chi connectivity index (χ1n) is 8.30. The summed E-state index contributed by atoms with van der Waals surface area (Å²) in [5, 5.41) is 10.6. The Morgan fingerprint density at radius 2 is 2.08 bits per heavy atom. The standard InChI is InChI=1S/C18H22N4O2/c1-13-15(8-5-11-19-13)20-18(24)16-9-10-17(23)22(21-16)12-14-6-3-2-4-7-14/h2-4,6-7,9-10,13,15,19H,5,8,11-12H2,1H3,(H,20,24). The Bertz CT molecular complexity index is 757. The Kier molecular flexibility index (Phi) is 5.05. The molecule has 0 radical (unpaired) electrons. The van der Waals surface area contributed by atoms with E-state index < -0.39 is 0 Å². The van der Waals surface area contributed by atoms with E-state index in [1.54, 1.807) is 0 Å². The minimum absolute atomic E-state index is 0.0857. The lowest BCUT2D eigenvalue weighted by Crippen LogP contribution is -2.52. The molecule has 1 aromatic heterocycles. The average Bonchev–Trinajstić information content (AvgIpc) is 2.60. The Morgan fingerprint density at radius 1 is 1.29 bits per heavy atom. The van der Waals surface area contributed by atoms with Crippen LogP contribution in [0.25, 0.3) is 0 Å². The predicted octanol–water partition coefficient (Wildman–Crippen LogP) is 1.16. The van der Waals surface area contributed by atoms with Crippen LogP contribution in [0.15, 0.2) is 47.3 Å². The molecule has 1 fully saturated rings. The number of piperidine rings is 1. The molecule has 2 N–H and O–H groups in total. The molecule has 6 heteroatoms. The third kappa shape index (κ3) is 3.89. The Hall–Kier alpha value is -2.47. The minimum Gasteiger partial charge on any atom is -0.346 e. The number of carbonyl (C=O) groups excluding carboxylic acids is 1. The first-order valence-corrected chi connectivity index (χ1v) is 8.30. The van der Waals surface area contributed by atoms with E-state index in [0.29, 0.717) is 6.54 Å². The van der Waals surface area contributed by atoms with Gasteiger partial charge in [-0.15, -0.1) is 0 Å². The van der Waals surface area contributed by atoms with Gasteiger partial charge in [0.05, 0.1) is 6.54 Å². The SMILES string of the molecule is CC1NCCCC1NC(=O)c1ccc(=O)n(Cc2ccccc2)n1. The molecule has 2 heterocycles. The molecule has 0 saturated carbocycles. The van der Waals surface area contributed by atoms with Crippen molar-refractivity contribution < 1.29 is 4.79 Å². The Labute approximate surface area is 140 Å². The third-order valence-electron chi connectivity index (χ3n) is 4.35. The van der Waals surface area contributed by atoms with Crippen molar-refractivity contribution in [3.8, 4) is 0 Å². The molecule has 0 aliphatic carbocycles. The Balaban J connectivity index is 1.75. The number of amides is 1. The molecule has 2 aromatic rings. The van der Waals surface area contributed by atoms with Crippen LogP contribution in [0.2, 0.25) is 0 Å². The fourth-order valence-electron chi connectivity index (χ4n) is 2.92. The summed E-state index contributed by atoms with van der Waals surface area (Å²) >= 11 is 0. The van der Waals surface area contributed by atoms with Gasteiger partial charge in [-0.2, -0.15) is 5.10 Å². The van der Waals surface area contributed by atoms with E-state index >= 15 is 0 Å². The first-order chi connectivity index (χ1) is 11.6. The smallest absolute Gasteiger partial charge is 0.271 e. The molecule has 2 unspecified atom stereocenters. The minimum atomic E-state index is -0.239. The Morgan fingerprint density at radius 3 is 2.83 bits per heavy atom. The lowest BCUT2D eigenvalue weighted by molar-refractivity contribution is 0.0912. The molecule has 1 aromatic carbocycles. The van der Waals surface area contributed by atoms with Gasteiger partial charge in [-0.1, -0.05) is 30.3 Å². The van der Waals surface area contributed by atoms with E-state index in [-0.39, 0.29) is 29.2 Å². The van der Waals surface area contributed by atoms with Crippen molar-refractivity contribution in [1.29, 1.82) is 0 Å². The highest BCUT2D eigenvalue weighted by Crippen LogP contribution is 2.09. The molecular formula is C18H22N4O2. The summed E-state index contributed by atoms with van der Waals surface area (Å²) < 4.78 is 1.33. The third-order valence-corrected chi connectivity index (χ3v) is 4.35. The van der Waals surface area contributed by atoms with Crippen LogP contribution < -0.4 is 16.2 Å². The van der Waals surface area contributed by atoms with Gasteiger partial charge >= 0.3 is 0 Å².